The highest BCUT2D eigenvalue weighted by atomic mass is 31.2. The summed E-state index contributed by atoms with van der Waals surface area (Å²) in [5, 5.41) is 11.6. The maximum atomic E-state index is 11.5. The molecule has 1 aliphatic heterocycles. The van der Waals surface area contributed by atoms with E-state index in [1.54, 1.807) is 0 Å². The summed E-state index contributed by atoms with van der Waals surface area (Å²) in [6.07, 6.45) is -0.948. The van der Waals surface area contributed by atoms with E-state index in [2.05, 4.69) is 5.32 Å². The second kappa shape index (κ2) is 4.92. The summed E-state index contributed by atoms with van der Waals surface area (Å²) in [7, 11) is -4.45. The molecule has 0 aromatic carbocycles. The maximum absolute atomic E-state index is 11.5. The minimum atomic E-state index is -4.45. The van der Waals surface area contributed by atoms with Crippen LogP contribution in [0, 0.1) is 0 Å². The van der Waals surface area contributed by atoms with Gasteiger partial charge in [-0.2, -0.15) is 0 Å². The molecule has 92 valence electrons. The van der Waals surface area contributed by atoms with Crippen LogP contribution >= 0.6 is 7.60 Å². The van der Waals surface area contributed by atoms with Gasteiger partial charge in [0, 0.05) is 19.6 Å². The number of amides is 1. The molecule has 1 atom stereocenters. The van der Waals surface area contributed by atoms with Gasteiger partial charge in [0.1, 0.15) is 12.2 Å². The Hall–Kier alpha value is -0.950. The molecule has 0 saturated carbocycles. The number of rotatable bonds is 3. The SMILES string of the molecule is O=C(O)C1CNCCN1C(=O)CP(=O)(O)O. The lowest BCUT2D eigenvalue weighted by molar-refractivity contribution is -0.150. The van der Waals surface area contributed by atoms with E-state index >= 15 is 0 Å². The van der Waals surface area contributed by atoms with Gasteiger partial charge in [-0.15, -0.1) is 0 Å². The number of hydrogen-bond donors (Lipinski definition) is 4. The third-order valence-corrected chi connectivity index (χ3v) is 2.87. The van der Waals surface area contributed by atoms with Gasteiger partial charge < -0.3 is 25.1 Å². The first-order chi connectivity index (χ1) is 7.31. The van der Waals surface area contributed by atoms with Crippen molar-refractivity contribution < 1.29 is 29.0 Å². The molecule has 1 saturated heterocycles. The van der Waals surface area contributed by atoms with Crippen molar-refractivity contribution in [3.8, 4) is 0 Å². The summed E-state index contributed by atoms with van der Waals surface area (Å²) < 4.78 is 10.6. The average Bonchev–Trinajstić information content (AvgIpc) is 2.15. The minimum Gasteiger partial charge on any atom is -0.480 e. The number of aliphatic carboxylic acids is 1. The highest BCUT2D eigenvalue weighted by Crippen LogP contribution is 2.34. The number of carbonyl (C=O) groups is 2. The van der Waals surface area contributed by atoms with E-state index < -0.39 is 31.7 Å². The summed E-state index contributed by atoms with van der Waals surface area (Å²) in [6.45, 7) is 0.634. The minimum absolute atomic E-state index is 0.0855. The zero-order chi connectivity index (χ0) is 12.3. The van der Waals surface area contributed by atoms with E-state index in [0.29, 0.717) is 6.54 Å². The fraction of sp³-hybridized carbons (Fsp3) is 0.714. The molecule has 1 fully saturated rings. The van der Waals surface area contributed by atoms with Crippen LogP contribution in [-0.2, 0) is 14.2 Å². The molecular formula is C7H13N2O6P. The van der Waals surface area contributed by atoms with E-state index in [0.717, 1.165) is 4.90 Å². The third-order valence-electron chi connectivity index (χ3n) is 2.19. The fourth-order valence-corrected chi connectivity index (χ4v) is 2.02. The molecule has 0 spiro atoms. The van der Waals surface area contributed by atoms with Crippen molar-refractivity contribution in [2.24, 2.45) is 0 Å². The number of nitrogens with zero attached hydrogens (tertiary/aromatic N) is 1. The third kappa shape index (κ3) is 3.57. The molecule has 1 heterocycles. The predicted octanol–water partition coefficient (Wildman–Crippen LogP) is -1.95. The molecule has 1 unspecified atom stereocenters. The van der Waals surface area contributed by atoms with Crippen molar-refractivity contribution in [2.45, 2.75) is 6.04 Å². The molecule has 1 amide bonds. The molecule has 8 nitrogen and oxygen atoms in total. The van der Waals surface area contributed by atoms with E-state index in [1.807, 2.05) is 0 Å². The van der Waals surface area contributed by atoms with E-state index in [-0.39, 0.29) is 13.1 Å². The summed E-state index contributed by atoms with van der Waals surface area (Å²) in [6, 6.07) is -1.06. The molecule has 16 heavy (non-hydrogen) atoms. The lowest BCUT2D eigenvalue weighted by Gasteiger charge is -2.33. The summed E-state index contributed by atoms with van der Waals surface area (Å²) in [5.74, 6) is -2.02. The highest BCUT2D eigenvalue weighted by molar-refractivity contribution is 7.52. The molecule has 4 N–H and O–H groups in total. The summed E-state index contributed by atoms with van der Waals surface area (Å²) in [4.78, 5) is 40.6. The lowest BCUT2D eigenvalue weighted by atomic mass is 10.2. The Morgan fingerprint density at radius 1 is 1.44 bits per heavy atom. The number of nitrogens with one attached hydrogen (secondary N) is 1. The molecule has 0 aromatic heterocycles. The van der Waals surface area contributed by atoms with E-state index in [1.165, 1.54) is 0 Å². The first kappa shape index (κ1) is 13.1. The molecule has 0 aliphatic carbocycles. The number of carboxylic acid groups (broad SMARTS) is 1. The lowest BCUT2D eigenvalue weighted by Crippen LogP contribution is -2.57. The van der Waals surface area contributed by atoms with Crippen LogP contribution in [0.25, 0.3) is 0 Å². The van der Waals surface area contributed by atoms with Gasteiger partial charge in [-0.1, -0.05) is 0 Å². The van der Waals surface area contributed by atoms with Gasteiger partial charge in [0.25, 0.3) is 0 Å². The zero-order valence-electron chi connectivity index (χ0n) is 8.37. The highest BCUT2D eigenvalue weighted by Gasteiger charge is 2.34. The van der Waals surface area contributed by atoms with Gasteiger partial charge in [-0.25, -0.2) is 4.79 Å². The Labute approximate surface area is 91.4 Å². The number of carbonyl (C=O) groups excluding carboxylic acids is 1. The van der Waals surface area contributed by atoms with Crippen molar-refractivity contribution >= 4 is 19.5 Å². The van der Waals surface area contributed by atoms with E-state index in [9.17, 15) is 14.2 Å². The number of carboxylic acids is 1. The fourth-order valence-electron chi connectivity index (χ4n) is 1.49. The van der Waals surface area contributed by atoms with Gasteiger partial charge in [0.05, 0.1) is 0 Å². The Balaban J connectivity index is 2.72. The van der Waals surface area contributed by atoms with Crippen molar-refractivity contribution in [2.75, 3.05) is 25.8 Å². The molecule has 0 radical (unpaired) electrons. The zero-order valence-corrected chi connectivity index (χ0v) is 9.26. The molecular weight excluding hydrogens is 239 g/mol. The molecule has 0 bridgehead atoms. The van der Waals surface area contributed by atoms with E-state index in [4.69, 9.17) is 14.9 Å². The van der Waals surface area contributed by atoms with Crippen LogP contribution in [0.4, 0.5) is 0 Å². The van der Waals surface area contributed by atoms with Crippen LogP contribution in [0.1, 0.15) is 0 Å². The number of piperazine rings is 1. The van der Waals surface area contributed by atoms with Gasteiger partial charge in [0.2, 0.25) is 5.91 Å². The summed E-state index contributed by atoms with van der Waals surface area (Å²) in [5.41, 5.74) is 0. The molecule has 1 rings (SSSR count). The number of hydrogen-bond acceptors (Lipinski definition) is 4. The van der Waals surface area contributed by atoms with Crippen LogP contribution in [0.5, 0.6) is 0 Å². The second-order valence-corrected chi connectivity index (χ2v) is 5.11. The standard InChI is InChI=1S/C7H13N2O6P/c10-6(4-16(13,14)15)9-2-1-8-3-5(9)7(11)12/h5,8H,1-4H2,(H,11,12)(H2,13,14,15). The van der Waals surface area contributed by atoms with Crippen LogP contribution < -0.4 is 5.32 Å². The van der Waals surface area contributed by atoms with Gasteiger partial charge in [-0.05, 0) is 0 Å². The topological polar surface area (TPSA) is 127 Å². The van der Waals surface area contributed by atoms with Crippen LogP contribution in [0.3, 0.4) is 0 Å². The quantitative estimate of drug-likeness (QED) is 0.430. The van der Waals surface area contributed by atoms with Crippen molar-refractivity contribution in [1.82, 2.24) is 10.2 Å². The van der Waals surface area contributed by atoms with Crippen molar-refractivity contribution in [3.63, 3.8) is 0 Å². The largest absolute Gasteiger partial charge is 0.480 e. The maximum Gasteiger partial charge on any atom is 0.334 e. The average molecular weight is 252 g/mol. The van der Waals surface area contributed by atoms with Gasteiger partial charge in [-0.3, -0.25) is 9.36 Å². The molecule has 9 heteroatoms. The summed E-state index contributed by atoms with van der Waals surface area (Å²) >= 11 is 0. The molecule has 1 aliphatic rings. The monoisotopic (exact) mass is 252 g/mol. The predicted molar refractivity (Wildman–Crippen MR) is 52.9 cm³/mol. The first-order valence-corrected chi connectivity index (χ1v) is 6.38. The Bertz CT molecular complexity index is 340. The van der Waals surface area contributed by atoms with Crippen molar-refractivity contribution in [3.05, 3.63) is 0 Å². The Morgan fingerprint density at radius 3 is 2.56 bits per heavy atom. The Kier molecular flexibility index (Phi) is 4.03. The smallest absolute Gasteiger partial charge is 0.334 e. The van der Waals surface area contributed by atoms with Gasteiger partial charge >= 0.3 is 13.6 Å². The van der Waals surface area contributed by atoms with Crippen LogP contribution in [0.15, 0.2) is 0 Å². The van der Waals surface area contributed by atoms with Crippen LogP contribution in [0.2, 0.25) is 0 Å². The second-order valence-electron chi connectivity index (χ2n) is 3.47. The Morgan fingerprint density at radius 2 is 2.06 bits per heavy atom. The molecule has 0 aromatic rings. The van der Waals surface area contributed by atoms with Crippen molar-refractivity contribution in [1.29, 1.82) is 0 Å². The normalized spacial score (nSPS) is 21.9. The van der Waals surface area contributed by atoms with Crippen LogP contribution in [-0.4, -0.2) is 63.5 Å². The first-order valence-electron chi connectivity index (χ1n) is 4.59. The van der Waals surface area contributed by atoms with Gasteiger partial charge in [0.15, 0.2) is 0 Å².